The van der Waals surface area contributed by atoms with Gasteiger partial charge in [-0.1, -0.05) is 11.6 Å². The molecule has 0 aromatic rings. The lowest BCUT2D eigenvalue weighted by Crippen LogP contribution is -2.40. The fraction of sp³-hybridized carbons (Fsp3) is 0.750. The van der Waals surface area contributed by atoms with Crippen LogP contribution in [0.4, 0.5) is 4.39 Å². The number of allylic oxidation sites excluding steroid dienone is 2. The first-order chi connectivity index (χ1) is 5.04. The first-order valence-corrected chi connectivity index (χ1v) is 3.76. The normalized spacial score (nSPS) is 9.62. The summed E-state index contributed by atoms with van der Waals surface area (Å²) in [5, 5.41) is 0. The smallest absolute Gasteiger partial charge is 0.138 e. The minimum atomic E-state index is -1.41. The Kier molecular flexibility index (Phi) is 12.7. The highest BCUT2D eigenvalue weighted by Gasteiger charge is 2.23. The average Bonchev–Trinajstić information content (AvgIpc) is 2.00. The van der Waals surface area contributed by atoms with E-state index in [2.05, 4.69) is 0 Å². The molecule has 0 amide bonds. The molecule has 0 atom stereocenters. The van der Waals surface area contributed by atoms with Gasteiger partial charge in [-0.05, 0) is 13.8 Å². The maximum atomic E-state index is 13.3. The van der Waals surface area contributed by atoms with Crippen LogP contribution in [0, 0.1) is 0 Å². The molecule has 0 heterocycles. The number of rotatable bonds is 4. The fourth-order valence-electron chi connectivity index (χ4n) is 0.637. The van der Waals surface area contributed by atoms with Crippen LogP contribution >= 0.6 is 24.8 Å². The first kappa shape index (κ1) is 18.9. The molecule has 5 heteroatoms. The van der Waals surface area contributed by atoms with Crippen molar-refractivity contribution in [2.75, 3.05) is 13.1 Å². The van der Waals surface area contributed by atoms with Crippen LogP contribution < -0.4 is 11.5 Å². The standard InChI is InChI=1S/C8H17FN2.2ClH/c1-7(2)3-4-8(9,5-10)6-11;;/h3H,4-6,10-11H2,1-2H3;2*1H. The molecule has 0 aliphatic rings. The monoisotopic (exact) mass is 232 g/mol. The number of alkyl halides is 1. The maximum absolute atomic E-state index is 13.3. The van der Waals surface area contributed by atoms with E-state index >= 15 is 0 Å². The van der Waals surface area contributed by atoms with Crippen LogP contribution in [-0.2, 0) is 0 Å². The number of hydrogen-bond acceptors (Lipinski definition) is 2. The van der Waals surface area contributed by atoms with Gasteiger partial charge < -0.3 is 11.5 Å². The zero-order chi connectivity index (χ0) is 8.91. The second-order valence-electron chi connectivity index (χ2n) is 3.04. The fourth-order valence-corrected chi connectivity index (χ4v) is 0.637. The number of nitrogens with two attached hydrogens (primary N) is 2. The molecule has 0 aliphatic carbocycles. The molecule has 0 fully saturated rings. The molecule has 4 N–H and O–H groups in total. The zero-order valence-corrected chi connectivity index (χ0v) is 9.68. The summed E-state index contributed by atoms with van der Waals surface area (Å²) in [5.41, 5.74) is 10.1. The summed E-state index contributed by atoms with van der Waals surface area (Å²) in [6.45, 7) is 3.83. The molecular formula is C8H19Cl2FN2. The van der Waals surface area contributed by atoms with Crippen LogP contribution in [0.3, 0.4) is 0 Å². The highest BCUT2D eigenvalue weighted by atomic mass is 35.5. The Morgan fingerprint density at radius 1 is 1.23 bits per heavy atom. The average molecular weight is 233 g/mol. The topological polar surface area (TPSA) is 52.0 Å². The van der Waals surface area contributed by atoms with Crippen molar-refractivity contribution in [1.29, 1.82) is 0 Å². The molecule has 0 spiro atoms. The van der Waals surface area contributed by atoms with Crippen molar-refractivity contribution >= 4 is 24.8 Å². The Morgan fingerprint density at radius 2 is 1.62 bits per heavy atom. The van der Waals surface area contributed by atoms with Gasteiger partial charge in [0.2, 0.25) is 0 Å². The van der Waals surface area contributed by atoms with Crippen LogP contribution in [0.2, 0.25) is 0 Å². The molecule has 0 saturated carbocycles. The molecule has 0 radical (unpaired) electrons. The van der Waals surface area contributed by atoms with E-state index in [1.54, 1.807) is 0 Å². The third-order valence-corrected chi connectivity index (χ3v) is 1.61. The molecule has 0 rings (SSSR count). The Labute approximate surface area is 91.8 Å². The molecule has 0 aliphatic heterocycles. The van der Waals surface area contributed by atoms with Crippen molar-refractivity contribution in [2.45, 2.75) is 25.9 Å². The van der Waals surface area contributed by atoms with Gasteiger partial charge in [0.1, 0.15) is 5.67 Å². The van der Waals surface area contributed by atoms with E-state index in [0.29, 0.717) is 6.42 Å². The van der Waals surface area contributed by atoms with E-state index in [1.807, 2.05) is 19.9 Å². The van der Waals surface area contributed by atoms with Gasteiger partial charge in [-0.2, -0.15) is 0 Å². The summed E-state index contributed by atoms with van der Waals surface area (Å²) in [6.07, 6.45) is 2.14. The molecule has 2 nitrogen and oxygen atoms in total. The second kappa shape index (κ2) is 8.75. The van der Waals surface area contributed by atoms with Crippen molar-refractivity contribution in [3.63, 3.8) is 0 Å². The summed E-state index contributed by atoms with van der Waals surface area (Å²) in [7, 11) is 0. The summed E-state index contributed by atoms with van der Waals surface area (Å²) in [6, 6.07) is 0. The lowest BCUT2D eigenvalue weighted by molar-refractivity contribution is 0.187. The minimum Gasteiger partial charge on any atom is -0.327 e. The van der Waals surface area contributed by atoms with E-state index < -0.39 is 5.67 Å². The Hall–Kier alpha value is 0.170. The molecule has 0 aromatic carbocycles. The van der Waals surface area contributed by atoms with Crippen LogP contribution in [-0.4, -0.2) is 18.8 Å². The number of hydrogen-bond donors (Lipinski definition) is 2. The molecule has 0 aromatic heterocycles. The quantitative estimate of drug-likeness (QED) is 0.727. The van der Waals surface area contributed by atoms with E-state index in [1.165, 1.54) is 0 Å². The largest absolute Gasteiger partial charge is 0.327 e. The van der Waals surface area contributed by atoms with Crippen molar-refractivity contribution < 1.29 is 4.39 Å². The van der Waals surface area contributed by atoms with Gasteiger partial charge in [-0.25, -0.2) is 4.39 Å². The van der Waals surface area contributed by atoms with Gasteiger partial charge in [0.05, 0.1) is 0 Å². The summed E-state index contributed by atoms with van der Waals surface area (Å²) in [5.74, 6) is 0. The van der Waals surface area contributed by atoms with Crippen molar-refractivity contribution in [2.24, 2.45) is 11.5 Å². The summed E-state index contributed by atoms with van der Waals surface area (Å²) in [4.78, 5) is 0. The highest BCUT2D eigenvalue weighted by molar-refractivity contribution is 5.85. The van der Waals surface area contributed by atoms with Gasteiger partial charge in [-0.3, -0.25) is 0 Å². The maximum Gasteiger partial charge on any atom is 0.138 e. The highest BCUT2D eigenvalue weighted by Crippen LogP contribution is 2.14. The van der Waals surface area contributed by atoms with E-state index in [4.69, 9.17) is 11.5 Å². The first-order valence-electron chi connectivity index (χ1n) is 3.76. The molecular weight excluding hydrogens is 214 g/mol. The summed E-state index contributed by atoms with van der Waals surface area (Å²) < 4.78 is 13.3. The molecule has 13 heavy (non-hydrogen) atoms. The second-order valence-corrected chi connectivity index (χ2v) is 3.04. The Bertz CT molecular complexity index is 143. The van der Waals surface area contributed by atoms with Gasteiger partial charge in [0.25, 0.3) is 0 Å². The van der Waals surface area contributed by atoms with Gasteiger partial charge >= 0.3 is 0 Å². The Balaban J connectivity index is -0.000000500. The van der Waals surface area contributed by atoms with Crippen LogP contribution in [0.25, 0.3) is 0 Å². The predicted molar refractivity (Wildman–Crippen MR) is 60.5 cm³/mol. The van der Waals surface area contributed by atoms with Gasteiger partial charge in [0.15, 0.2) is 0 Å². The third kappa shape index (κ3) is 8.50. The lowest BCUT2D eigenvalue weighted by atomic mass is 10.0. The number of halogens is 3. The third-order valence-electron chi connectivity index (χ3n) is 1.61. The molecule has 0 bridgehead atoms. The van der Waals surface area contributed by atoms with Gasteiger partial charge in [0, 0.05) is 19.5 Å². The van der Waals surface area contributed by atoms with Crippen molar-refractivity contribution in [3.05, 3.63) is 11.6 Å². The Morgan fingerprint density at radius 3 is 1.85 bits per heavy atom. The van der Waals surface area contributed by atoms with E-state index in [9.17, 15) is 4.39 Å². The van der Waals surface area contributed by atoms with Crippen molar-refractivity contribution in [1.82, 2.24) is 0 Å². The molecule has 0 saturated heterocycles. The molecule has 82 valence electrons. The van der Waals surface area contributed by atoms with Crippen LogP contribution in [0.1, 0.15) is 20.3 Å². The SMILES string of the molecule is CC(C)=CCC(F)(CN)CN.Cl.Cl. The predicted octanol–water partition coefficient (Wildman–Crippen LogP) is 1.81. The van der Waals surface area contributed by atoms with Crippen LogP contribution in [0.15, 0.2) is 11.6 Å². The van der Waals surface area contributed by atoms with Gasteiger partial charge in [-0.15, -0.1) is 24.8 Å². The molecule has 0 unspecified atom stereocenters. The van der Waals surface area contributed by atoms with E-state index in [-0.39, 0.29) is 37.9 Å². The van der Waals surface area contributed by atoms with E-state index in [0.717, 1.165) is 5.57 Å². The van der Waals surface area contributed by atoms with Crippen LogP contribution in [0.5, 0.6) is 0 Å². The lowest BCUT2D eigenvalue weighted by Gasteiger charge is -2.19. The summed E-state index contributed by atoms with van der Waals surface area (Å²) >= 11 is 0. The zero-order valence-electron chi connectivity index (χ0n) is 8.05. The van der Waals surface area contributed by atoms with Crippen molar-refractivity contribution in [3.8, 4) is 0 Å². The minimum absolute atomic E-state index is 0.